The Labute approximate surface area is 88.9 Å². The van der Waals surface area contributed by atoms with Gasteiger partial charge in [0.05, 0.1) is 6.61 Å². The number of aliphatic hydroxyl groups excluding tert-OH is 3. The predicted molar refractivity (Wildman–Crippen MR) is 53.1 cm³/mol. The summed E-state index contributed by atoms with van der Waals surface area (Å²) in [4.78, 5) is 0. The Kier molecular flexibility index (Phi) is 3.86. The van der Waals surface area contributed by atoms with Crippen LogP contribution >= 0.6 is 0 Å². The second-order valence-electron chi connectivity index (χ2n) is 4.04. The van der Waals surface area contributed by atoms with Crippen LogP contribution in [0.4, 0.5) is 0 Å². The van der Waals surface area contributed by atoms with E-state index in [0.717, 1.165) is 0 Å². The van der Waals surface area contributed by atoms with E-state index in [4.69, 9.17) is 14.6 Å². The largest absolute Gasteiger partial charge is 0.394 e. The molecule has 1 saturated heterocycles. The molecule has 1 aliphatic rings. The Hall–Kier alpha value is -0.460. The minimum atomic E-state index is -1.08. The fraction of sp³-hybridized carbons (Fsp3) is 0.800. The number of aliphatic hydroxyl groups is 3. The van der Waals surface area contributed by atoms with E-state index in [-0.39, 0.29) is 0 Å². The van der Waals surface area contributed by atoms with E-state index in [2.05, 4.69) is 6.58 Å². The molecule has 5 heteroatoms. The molecule has 0 radical (unpaired) electrons. The summed E-state index contributed by atoms with van der Waals surface area (Å²) in [5.41, 5.74) is 0. The molecule has 15 heavy (non-hydrogen) atoms. The third kappa shape index (κ3) is 2.76. The van der Waals surface area contributed by atoms with Crippen LogP contribution in [-0.4, -0.2) is 52.1 Å². The number of rotatable bonds is 4. The summed E-state index contributed by atoms with van der Waals surface area (Å²) < 4.78 is 10.8. The van der Waals surface area contributed by atoms with E-state index in [1.807, 2.05) is 0 Å². The third-order valence-electron chi connectivity index (χ3n) is 2.31. The van der Waals surface area contributed by atoms with Gasteiger partial charge in [-0.15, -0.1) is 6.58 Å². The maximum Gasteiger partial charge on any atom is 0.164 e. The Morgan fingerprint density at radius 1 is 1.33 bits per heavy atom. The molecule has 1 aliphatic heterocycles. The maximum absolute atomic E-state index is 9.59. The molecule has 0 amide bonds. The fourth-order valence-corrected chi connectivity index (χ4v) is 1.62. The molecule has 0 aliphatic carbocycles. The zero-order chi connectivity index (χ0) is 11.6. The molecule has 88 valence electrons. The molecular weight excluding hydrogens is 200 g/mol. The van der Waals surface area contributed by atoms with Gasteiger partial charge >= 0.3 is 0 Å². The van der Waals surface area contributed by atoms with Crippen molar-refractivity contribution in [2.45, 2.75) is 44.1 Å². The van der Waals surface area contributed by atoms with Crippen LogP contribution in [0.2, 0.25) is 0 Å². The van der Waals surface area contributed by atoms with Gasteiger partial charge in [0.15, 0.2) is 5.79 Å². The molecule has 0 saturated carbocycles. The molecule has 0 aromatic carbocycles. The average Bonchev–Trinajstić information content (AvgIpc) is 2.52. The van der Waals surface area contributed by atoms with Gasteiger partial charge in [0, 0.05) is 0 Å². The summed E-state index contributed by atoms with van der Waals surface area (Å²) >= 11 is 0. The van der Waals surface area contributed by atoms with Crippen molar-refractivity contribution in [1.82, 2.24) is 0 Å². The van der Waals surface area contributed by atoms with Crippen molar-refractivity contribution in [3.05, 3.63) is 12.7 Å². The van der Waals surface area contributed by atoms with Gasteiger partial charge in [-0.2, -0.15) is 0 Å². The lowest BCUT2D eigenvalue weighted by Crippen LogP contribution is -2.43. The summed E-state index contributed by atoms with van der Waals surface area (Å²) in [5, 5.41) is 27.9. The standard InChI is InChI=1S/C10H18O5/c1-4-6(12)8-9(7(13)5-11)15-10(2,3)14-8/h4,6-9,11-13H,1,5H2,2-3H3/t6?,7-,8-,9?/m1/s1. The monoisotopic (exact) mass is 218 g/mol. The van der Waals surface area contributed by atoms with Crippen molar-refractivity contribution in [2.24, 2.45) is 0 Å². The molecule has 0 aromatic rings. The molecule has 4 atom stereocenters. The zero-order valence-corrected chi connectivity index (χ0v) is 8.96. The van der Waals surface area contributed by atoms with Crippen molar-refractivity contribution < 1.29 is 24.8 Å². The van der Waals surface area contributed by atoms with Crippen molar-refractivity contribution in [1.29, 1.82) is 0 Å². The minimum absolute atomic E-state index is 0.440. The van der Waals surface area contributed by atoms with Crippen LogP contribution in [0.1, 0.15) is 13.8 Å². The minimum Gasteiger partial charge on any atom is -0.394 e. The molecular formula is C10H18O5. The van der Waals surface area contributed by atoms with Gasteiger partial charge in [-0.05, 0) is 13.8 Å². The maximum atomic E-state index is 9.59. The second kappa shape index (κ2) is 4.59. The van der Waals surface area contributed by atoms with Crippen molar-refractivity contribution in [3.8, 4) is 0 Å². The first-order chi connectivity index (χ1) is 6.91. The first kappa shape index (κ1) is 12.6. The first-order valence-corrected chi connectivity index (χ1v) is 4.86. The third-order valence-corrected chi connectivity index (χ3v) is 2.31. The van der Waals surface area contributed by atoms with Crippen LogP contribution in [0.25, 0.3) is 0 Å². The molecule has 2 unspecified atom stereocenters. The van der Waals surface area contributed by atoms with E-state index < -0.39 is 36.8 Å². The quantitative estimate of drug-likeness (QED) is 0.549. The molecule has 0 spiro atoms. The van der Waals surface area contributed by atoms with Crippen LogP contribution in [0.3, 0.4) is 0 Å². The predicted octanol–water partition coefficient (Wildman–Crippen LogP) is -0.593. The van der Waals surface area contributed by atoms with E-state index in [1.54, 1.807) is 13.8 Å². The highest BCUT2D eigenvalue weighted by molar-refractivity contribution is 4.96. The van der Waals surface area contributed by atoms with Crippen LogP contribution in [-0.2, 0) is 9.47 Å². The van der Waals surface area contributed by atoms with Crippen LogP contribution in [0.5, 0.6) is 0 Å². The Balaban J connectivity index is 2.78. The van der Waals surface area contributed by atoms with Crippen LogP contribution in [0.15, 0.2) is 12.7 Å². The Bertz CT molecular complexity index is 228. The van der Waals surface area contributed by atoms with Gasteiger partial charge in [0.2, 0.25) is 0 Å². The lowest BCUT2D eigenvalue weighted by Gasteiger charge is -2.22. The second-order valence-corrected chi connectivity index (χ2v) is 4.04. The van der Waals surface area contributed by atoms with Crippen molar-refractivity contribution in [3.63, 3.8) is 0 Å². The van der Waals surface area contributed by atoms with Gasteiger partial charge in [-0.25, -0.2) is 0 Å². The summed E-state index contributed by atoms with van der Waals surface area (Å²) in [6.45, 7) is 6.36. The van der Waals surface area contributed by atoms with E-state index in [1.165, 1.54) is 6.08 Å². The molecule has 5 nitrogen and oxygen atoms in total. The summed E-state index contributed by atoms with van der Waals surface area (Å²) in [6.07, 6.45) is -2.16. The van der Waals surface area contributed by atoms with Gasteiger partial charge in [0.25, 0.3) is 0 Å². The molecule has 1 heterocycles. The Morgan fingerprint density at radius 3 is 2.33 bits per heavy atom. The van der Waals surface area contributed by atoms with Crippen LogP contribution in [0, 0.1) is 0 Å². The fourth-order valence-electron chi connectivity index (χ4n) is 1.62. The number of hydrogen-bond donors (Lipinski definition) is 3. The van der Waals surface area contributed by atoms with Crippen LogP contribution < -0.4 is 0 Å². The summed E-state index contributed by atoms with van der Waals surface area (Å²) in [6, 6.07) is 0. The van der Waals surface area contributed by atoms with Crippen molar-refractivity contribution >= 4 is 0 Å². The molecule has 3 N–H and O–H groups in total. The van der Waals surface area contributed by atoms with Gasteiger partial charge in [-0.3, -0.25) is 0 Å². The summed E-state index contributed by atoms with van der Waals surface area (Å²) in [7, 11) is 0. The Morgan fingerprint density at radius 2 is 1.87 bits per heavy atom. The number of ether oxygens (including phenoxy) is 2. The molecule has 0 aromatic heterocycles. The molecule has 0 bridgehead atoms. The molecule has 1 rings (SSSR count). The number of hydrogen-bond acceptors (Lipinski definition) is 5. The highest BCUT2D eigenvalue weighted by Crippen LogP contribution is 2.31. The van der Waals surface area contributed by atoms with E-state index in [9.17, 15) is 10.2 Å². The normalized spacial score (nSPS) is 33.7. The topological polar surface area (TPSA) is 79.2 Å². The zero-order valence-electron chi connectivity index (χ0n) is 8.96. The van der Waals surface area contributed by atoms with Gasteiger partial charge in [0.1, 0.15) is 24.4 Å². The van der Waals surface area contributed by atoms with E-state index in [0.29, 0.717) is 0 Å². The summed E-state index contributed by atoms with van der Waals surface area (Å²) in [5.74, 6) is -0.879. The highest BCUT2D eigenvalue weighted by atomic mass is 16.8. The smallest absolute Gasteiger partial charge is 0.164 e. The van der Waals surface area contributed by atoms with Crippen molar-refractivity contribution in [2.75, 3.05) is 6.61 Å². The average molecular weight is 218 g/mol. The van der Waals surface area contributed by atoms with Gasteiger partial charge < -0.3 is 24.8 Å². The lowest BCUT2D eigenvalue weighted by molar-refractivity contribution is -0.160. The van der Waals surface area contributed by atoms with Gasteiger partial charge in [-0.1, -0.05) is 6.08 Å². The lowest BCUT2D eigenvalue weighted by atomic mass is 10.0. The van der Waals surface area contributed by atoms with E-state index >= 15 is 0 Å². The SMILES string of the molecule is C=CC(O)[C@H]1OC(C)(C)OC1[C@H](O)CO. The highest BCUT2D eigenvalue weighted by Gasteiger charge is 2.46. The first-order valence-electron chi connectivity index (χ1n) is 4.86. The molecule has 1 fully saturated rings.